The highest BCUT2D eigenvalue weighted by Gasteiger charge is 2.23. The number of rotatable bonds is 7. The topological polar surface area (TPSA) is 28.4 Å². The van der Waals surface area contributed by atoms with Gasteiger partial charge in [0.2, 0.25) is 0 Å². The zero-order chi connectivity index (χ0) is 14.7. The van der Waals surface area contributed by atoms with E-state index in [9.17, 15) is 0 Å². The number of nitrogens with zero attached hydrogens (tertiary/aromatic N) is 1. The third-order valence-corrected chi connectivity index (χ3v) is 5.08. The van der Waals surface area contributed by atoms with Gasteiger partial charge in [-0.1, -0.05) is 26.2 Å². The van der Waals surface area contributed by atoms with Crippen molar-refractivity contribution in [1.82, 2.24) is 10.2 Å². The van der Waals surface area contributed by atoms with Crippen LogP contribution in [0.15, 0.2) is 10.5 Å². The average molecular weight is 290 g/mol. The van der Waals surface area contributed by atoms with Crippen LogP contribution in [0.4, 0.5) is 0 Å². The van der Waals surface area contributed by atoms with E-state index in [0.29, 0.717) is 0 Å². The van der Waals surface area contributed by atoms with Gasteiger partial charge in [-0.15, -0.1) is 0 Å². The van der Waals surface area contributed by atoms with E-state index in [-0.39, 0.29) is 0 Å². The summed E-state index contributed by atoms with van der Waals surface area (Å²) in [5.74, 6) is 2.21. The molecule has 3 rings (SSSR count). The SMILES string of the molecule is CCN(Cc1cc(CNC2CC2)oc1C)C1CCCCC1. The van der Waals surface area contributed by atoms with E-state index in [2.05, 4.69) is 30.1 Å². The summed E-state index contributed by atoms with van der Waals surface area (Å²) < 4.78 is 5.94. The lowest BCUT2D eigenvalue weighted by atomic mass is 9.94. The molecule has 2 aliphatic carbocycles. The lowest BCUT2D eigenvalue weighted by Crippen LogP contribution is -2.36. The Labute approximate surface area is 129 Å². The second-order valence-electron chi connectivity index (χ2n) is 6.80. The fourth-order valence-electron chi connectivity index (χ4n) is 3.53. The van der Waals surface area contributed by atoms with Gasteiger partial charge in [-0.3, -0.25) is 4.90 Å². The molecule has 3 nitrogen and oxygen atoms in total. The van der Waals surface area contributed by atoms with Crippen LogP contribution in [0.3, 0.4) is 0 Å². The summed E-state index contributed by atoms with van der Waals surface area (Å²) in [4.78, 5) is 2.65. The van der Waals surface area contributed by atoms with Crippen LogP contribution in [0.5, 0.6) is 0 Å². The van der Waals surface area contributed by atoms with Gasteiger partial charge in [-0.25, -0.2) is 0 Å². The Morgan fingerprint density at radius 2 is 1.95 bits per heavy atom. The number of hydrogen-bond acceptors (Lipinski definition) is 3. The first kappa shape index (κ1) is 15.1. The van der Waals surface area contributed by atoms with Crippen LogP contribution in [-0.4, -0.2) is 23.5 Å². The highest BCUT2D eigenvalue weighted by molar-refractivity contribution is 5.21. The van der Waals surface area contributed by atoms with Crippen LogP contribution in [-0.2, 0) is 13.1 Å². The Morgan fingerprint density at radius 1 is 1.19 bits per heavy atom. The van der Waals surface area contributed by atoms with Gasteiger partial charge in [0.15, 0.2) is 0 Å². The van der Waals surface area contributed by atoms with Crippen LogP contribution in [0.1, 0.15) is 69.0 Å². The van der Waals surface area contributed by atoms with Gasteiger partial charge in [0.1, 0.15) is 11.5 Å². The summed E-state index contributed by atoms with van der Waals surface area (Å²) >= 11 is 0. The fraction of sp³-hybridized carbons (Fsp3) is 0.778. The Hall–Kier alpha value is -0.800. The van der Waals surface area contributed by atoms with E-state index < -0.39 is 0 Å². The molecule has 0 saturated heterocycles. The van der Waals surface area contributed by atoms with E-state index in [0.717, 1.165) is 43.2 Å². The molecule has 1 aromatic rings. The van der Waals surface area contributed by atoms with Crippen molar-refractivity contribution >= 4 is 0 Å². The van der Waals surface area contributed by atoms with Crippen LogP contribution in [0.25, 0.3) is 0 Å². The Morgan fingerprint density at radius 3 is 2.62 bits per heavy atom. The molecule has 0 radical (unpaired) electrons. The number of aryl methyl sites for hydroxylation is 1. The van der Waals surface area contributed by atoms with E-state index in [1.807, 2.05) is 0 Å². The summed E-state index contributed by atoms with van der Waals surface area (Å²) in [7, 11) is 0. The minimum atomic E-state index is 0.744. The summed E-state index contributed by atoms with van der Waals surface area (Å²) in [6, 6.07) is 3.80. The van der Waals surface area contributed by atoms with Crippen molar-refractivity contribution in [3.63, 3.8) is 0 Å². The van der Waals surface area contributed by atoms with Crippen LogP contribution >= 0.6 is 0 Å². The molecule has 2 aliphatic rings. The molecule has 118 valence electrons. The summed E-state index contributed by atoms with van der Waals surface area (Å²) in [5, 5.41) is 3.54. The molecule has 0 spiro atoms. The van der Waals surface area contributed by atoms with Crippen LogP contribution in [0, 0.1) is 6.92 Å². The van der Waals surface area contributed by atoms with Gasteiger partial charge < -0.3 is 9.73 Å². The molecule has 0 atom stereocenters. The average Bonchev–Trinajstić information content (AvgIpc) is 3.28. The normalized spacial score (nSPS) is 20.3. The lowest BCUT2D eigenvalue weighted by molar-refractivity contribution is 0.155. The molecule has 1 N–H and O–H groups in total. The molecule has 0 bridgehead atoms. The maximum absolute atomic E-state index is 5.94. The van der Waals surface area contributed by atoms with Crippen molar-refractivity contribution in [2.45, 2.75) is 84.0 Å². The highest BCUT2D eigenvalue weighted by Crippen LogP contribution is 2.26. The van der Waals surface area contributed by atoms with Crippen LogP contribution < -0.4 is 5.32 Å². The van der Waals surface area contributed by atoms with E-state index >= 15 is 0 Å². The smallest absolute Gasteiger partial charge is 0.118 e. The van der Waals surface area contributed by atoms with Crippen molar-refractivity contribution in [2.24, 2.45) is 0 Å². The van der Waals surface area contributed by atoms with Gasteiger partial charge >= 0.3 is 0 Å². The number of nitrogens with one attached hydrogen (secondary N) is 1. The molecule has 0 aromatic carbocycles. The van der Waals surface area contributed by atoms with E-state index in [1.165, 1.54) is 50.5 Å². The van der Waals surface area contributed by atoms with Gasteiger partial charge in [0, 0.05) is 24.2 Å². The summed E-state index contributed by atoms with van der Waals surface area (Å²) in [6.45, 7) is 7.50. The highest BCUT2D eigenvalue weighted by atomic mass is 16.3. The van der Waals surface area contributed by atoms with Crippen molar-refractivity contribution in [1.29, 1.82) is 0 Å². The van der Waals surface area contributed by atoms with Crippen molar-refractivity contribution in [3.8, 4) is 0 Å². The second-order valence-corrected chi connectivity index (χ2v) is 6.80. The first-order valence-corrected chi connectivity index (χ1v) is 8.82. The maximum Gasteiger partial charge on any atom is 0.118 e. The maximum atomic E-state index is 5.94. The minimum Gasteiger partial charge on any atom is -0.465 e. The predicted octanol–water partition coefficient (Wildman–Crippen LogP) is 3.99. The van der Waals surface area contributed by atoms with E-state index in [1.54, 1.807) is 0 Å². The fourth-order valence-corrected chi connectivity index (χ4v) is 3.53. The largest absolute Gasteiger partial charge is 0.465 e. The quantitative estimate of drug-likeness (QED) is 0.823. The van der Waals surface area contributed by atoms with Crippen LogP contribution in [0.2, 0.25) is 0 Å². The predicted molar refractivity (Wildman–Crippen MR) is 86.3 cm³/mol. The van der Waals surface area contributed by atoms with Crippen molar-refractivity contribution in [2.75, 3.05) is 6.54 Å². The molecular weight excluding hydrogens is 260 g/mol. The summed E-state index contributed by atoms with van der Waals surface area (Å²) in [6.07, 6.45) is 9.65. The summed E-state index contributed by atoms with van der Waals surface area (Å²) in [5.41, 5.74) is 1.38. The molecule has 1 heterocycles. The number of furan rings is 1. The standard InChI is InChI=1S/C18H30N2O/c1-3-20(17-7-5-4-6-8-17)13-15-11-18(21-14(15)2)12-19-16-9-10-16/h11,16-17,19H,3-10,12-13H2,1-2H3. The third-order valence-electron chi connectivity index (χ3n) is 5.08. The first-order valence-electron chi connectivity index (χ1n) is 8.82. The molecule has 0 aliphatic heterocycles. The second kappa shape index (κ2) is 6.97. The van der Waals surface area contributed by atoms with E-state index in [4.69, 9.17) is 4.42 Å². The Kier molecular flexibility index (Phi) is 5.02. The monoisotopic (exact) mass is 290 g/mol. The van der Waals surface area contributed by atoms with Crippen molar-refractivity contribution in [3.05, 3.63) is 23.2 Å². The molecule has 0 amide bonds. The first-order chi connectivity index (χ1) is 10.3. The van der Waals surface area contributed by atoms with Gasteiger partial charge in [-0.05, 0) is 45.2 Å². The molecule has 21 heavy (non-hydrogen) atoms. The molecule has 1 aromatic heterocycles. The molecule has 0 unspecified atom stereocenters. The van der Waals surface area contributed by atoms with Gasteiger partial charge in [0.05, 0.1) is 6.54 Å². The molecule has 2 saturated carbocycles. The minimum absolute atomic E-state index is 0.744. The lowest BCUT2D eigenvalue weighted by Gasteiger charge is -2.33. The molecular formula is C18H30N2O. The third kappa shape index (κ3) is 4.10. The zero-order valence-corrected chi connectivity index (χ0v) is 13.7. The molecule has 2 fully saturated rings. The van der Waals surface area contributed by atoms with Crippen molar-refractivity contribution < 1.29 is 4.42 Å². The zero-order valence-electron chi connectivity index (χ0n) is 13.7. The Balaban J connectivity index is 1.58. The Bertz CT molecular complexity index is 444. The van der Waals surface area contributed by atoms with Gasteiger partial charge in [0.25, 0.3) is 0 Å². The molecule has 3 heteroatoms. The number of hydrogen-bond donors (Lipinski definition) is 1. The van der Waals surface area contributed by atoms with Gasteiger partial charge in [-0.2, -0.15) is 0 Å².